The van der Waals surface area contributed by atoms with Crippen LogP contribution in [0.4, 0.5) is 4.39 Å². The van der Waals surface area contributed by atoms with Gasteiger partial charge in [-0.05, 0) is 0 Å². The number of nitrogens with zero attached hydrogens (tertiary/aromatic N) is 1. The molecule has 23 heavy (non-hydrogen) atoms. The first-order chi connectivity index (χ1) is 10.9. The number of hydrogen-bond acceptors (Lipinski definition) is 5. The van der Waals surface area contributed by atoms with Gasteiger partial charge in [0.05, 0.1) is 0 Å². The van der Waals surface area contributed by atoms with Crippen LogP contribution in [0.25, 0.3) is 0 Å². The number of nitrogens with one attached hydrogen (secondary N) is 1. The number of benzene rings is 1. The third-order valence-electron chi connectivity index (χ3n) is 3.58. The summed E-state index contributed by atoms with van der Waals surface area (Å²) < 4.78 is 13.4. The summed E-state index contributed by atoms with van der Waals surface area (Å²) in [6, 6.07) is 4.37. The molecule has 0 saturated carbocycles. The van der Waals surface area contributed by atoms with E-state index in [4.69, 9.17) is 5.41 Å². The van der Waals surface area contributed by atoms with Gasteiger partial charge in [0.15, 0.2) is 0 Å². The Morgan fingerprint density at radius 1 is 1.52 bits per heavy atom. The number of phenols is 1. The molecule has 0 spiro atoms. The van der Waals surface area contributed by atoms with Crippen LogP contribution in [0.3, 0.4) is 0 Å². The van der Waals surface area contributed by atoms with Gasteiger partial charge in [-0.1, -0.05) is 0 Å². The fraction of sp³-hybridized carbons (Fsp3) is 0.533. The van der Waals surface area contributed by atoms with Crippen LogP contribution in [-0.2, 0) is 0 Å². The fourth-order valence-electron chi connectivity index (χ4n) is 2.02. The van der Waals surface area contributed by atoms with E-state index in [1.165, 1.54) is 17.8 Å². The van der Waals surface area contributed by atoms with Gasteiger partial charge in [-0.3, -0.25) is 0 Å². The van der Waals surface area contributed by atoms with Crippen molar-refractivity contribution >= 4 is 90.6 Å². The predicted molar refractivity (Wildman–Crippen MR) is 104 cm³/mol. The maximum absolute atomic E-state index is 13.4. The van der Waals surface area contributed by atoms with Crippen molar-refractivity contribution in [3.63, 3.8) is 0 Å². The second-order valence-corrected chi connectivity index (χ2v) is 36.3. The molecule has 0 bridgehead atoms. The molecule has 3 nitrogen and oxygen atoms in total. The van der Waals surface area contributed by atoms with Crippen LogP contribution in [0.1, 0.15) is 5.56 Å². The van der Waals surface area contributed by atoms with Crippen molar-refractivity contribution in [2.24, 2.45) is 0 Å². The van der Waals surface area contributed by atoms with Gasteiger partial charge in [0, 0.05) is 0 Å². The van der Waals surface area contributed by atoms with Crippen LogP contribution in [0.2, 0.25) is 10.4 Å². The molecule has 0 saturated heterocycles. The summed E-state index contributed by atoms with van der Waals surface area (Å²) >= 11 is 3.93. The standard InChI is InChI=1S/C15H23AsFN2OS2.Cs/c1-16-11(9-19(2)7-8-21-3)10-22-15(18)12-5-4-6-13(17)14(12)20;/h4-6,11,18,20H,7-10H2,1-3H3;/q-1;+1/t11-;/m1./s1. The van der Waals surface area contributed by atoms with Crippen molar-refractivity contribution in [2.75, 3.05) is 37.9 Å². The van der Waals surface area contributed by atoms with Crippen LogP contribution in [0, 0.1) is 11.2 Å². The van der Waals surface area contributed by atoms with E-state index in [1.54, 1.807) is 12.1 Å². The number of phenolic OH excluding ortho intramolecular Hbond substituents is 1. The van der Waals surface area contributed by atoms with Crippen LogP contribution in [-0.4, -0.2) is 115 Å². The summed E-state index contributed by atoms with van der Waals surface area (Å²) in [6.45, 7) is 2.20. The molecule has 0 amide bonds. The SMILES string of the molecule is CSCCN(C)C[C@H](CSC(=N)c1cccc(F)c1O)[As](C)[Cs]. The van der Waals surface area contributed by atoms with Crippen molar-refractivity contribution in [3.05, 3.63) is 29.6 Å². The third-order valence-corrected chi connectivity index (χ3v) is 21.5. The van der Waals surface area contributed by atoms with E-state index in [9.17, 15) is 9.50 Å². The Morgan fingerprint density at radius 3 is 2.83 bits per heavy atom. The second kappa shape index (κ2) is 12.3. The molecular weight excluding hydrogens is 515 g/mol. The Balaban J connectivity index is 2.61. The van der Waals surface area contributed by atoms with Crippen molar-refractivity contribution < 1.29 is 9.50 Å². The molecule has 2 N–H and O–H groups in total. The number of hydrogen-bond donors (Lipinski definition) is 2. The van der Waals surface area contributed by atoms with Crippen LogP contribution >= 0.6 is 23.5 Å². The van der Waals surface area contributed by atoms with Crippen molar-refractivity contribution in [3.8, 4) is 5.75 Å². The molecule has 0 aromatic heterocycles. The van der Waals surface area contributed by atoms with Crippen molar-refractivity contribution in [2.45, 2.75) is 10.4 Å². The minimum absolute atomic E-state index is 0.270. The molecule has 1 rings (SSSR count). The molecule has 0 aliphatic rings. The quantitative estimate of drug-likeness (QED) is 0.289. The van der Waals surface area contributed by atoms with E-state index in [-0.39, 0.29) is 5.04 Å². The molecule has 2 atom stereocenters. The van der Waals surface area contributed by atoms with E-state index in [1.807, 2.05) is 11.8 Å². The Labute approximate surface area is 190 Å². The van der Waals surface area contributed by atoms with Gasteiger partial charge < -0.3 is 0 Å². The molecule has 1 aromatic carbocycles. The average Bonchev–Trinajstić information content (AvgIpc) is 2.51. The van der Waals surface area contributed by atoms with E-state index in [0.717, 1.165) is 24.6 Å². The summed E-state index contributed by atoms with van der Waals surface area (Å²) in [5, 5.41) is 18.2. The summed E-state index contributed by atoms with van der Waals surface area (Å²) in [6.07, 6.45) is 2.13. The van der Waals surface area contributed by atoms with Gasteiger partial charge in [-0.2, -0.15) is 0 Å². The number of para-hydroxylation sites is 1. The maximum atomic E-state index is 13.4. The number of aromatic hydroxyl groups is 1. The summed E-state index contributed by atoms with van der Waals surface area (Å²) in [4.78, 5) is 2.40. The monoisotopic (exact) mass is 538 g/mol. The zero-order valence-electron chi connectivity index (χ0n) is 14.2. The normalized spacial score (nSPS) is 14.0. The zero-order chi connectivity index (χ0) is 17.4. The predicted octanol–water partition coefficient (Wildman–Crippen LogP) is 3.04. The van der Waals surface area contributed by atoms with Gasteiger partial charge in [0.2, 0.25) is 0 Å². The van der Waals surface area contributed by atoms with Gasteiger partial charge in [0.25, 0.3) is 0 Å². The van der Waals surface area contributed by atoms with Crippen molar-refractivity contribution in [1.29, 1.82) is 5.41 Å². The number of thioether (sulfide) groups is 2. The fourth-order valence-corrected chi connectivity index (χ4v) is 17.2. The Kier molecular flexibility index (Phi) is 12.3. The molecule has 0 aliphatic heterocycles. The van der Waals surface area contributed by atoms with Crippen molar-refractivity contribution in [1.82, 2.24) is 4.90 Å². The van der Waals surface area contributed by atoms with Gasteiger partial charge in [-0.25, -0.2) is 0 Å². The average molecular weight is 538 g/mol. The molecule has 124 valence electrons. The molecule has 0 fully saturated rings. The summed E-state index contributed by atoms with van der Waals surface area (Å²) in [5.74, 6) is 0.997. The first kappa shape index (κ1) is 22.9. The second-order valence-electron chi connectivity index (χ2n) is 5.65. The zero-order valence-corrected chi connectivity index (χ0v) is 24.0. The summed E-state index contributed by atoms with van der Waals surface area (Å²) in [5.41, 5.74) is 2.74. The molecule has 1 unspecified atom stereocenters. The molecule has 0 aliphatic carbocycles. The Bertz CT molecular complexity index is 522. The van der Waals surface area contributed by atoms with E-state index in [0.29, 0.717) is 71.5 Å². The van der Waals surface area contributed by atoms with Crippen LogP contribution in [0.15, 0.2) is 18.2 Å². The number of halogens is 1. The molecule has 1 aromatic rings. The molecular formula is C15H23AsCsFN2OS2. The first-order valence-corrected chi connectivity index (χ1v) is 29.2. The first-order valence-electron chi connectivity index (χ1n) is 7.40. The van der Waals surface area contributed by atoms with Crippen LogP contribution < -0.4 is 0 Å². The van der Waals surface area contributed by atoms with E-state index >= 15 is 0 Å². The van der Waals surface area contributed by atoms with Gasteiger partial charge in [0.1, 0.15) is 0 Å². The Hall–Kier alpha value is 1.89. The molecule has 0 radical (unpaired) electrons. The third kappa shape index (κ3) is 8.41. The van der Waals surface area contributed by atoms with Crippen LogP contribution in [0.5, 0.6) is 5.75 Å². The van der Waals surface area contributed by atoms with E-state index < -0.39 is 12.4 Å². The molecule has 0 heterocycles. The summed E-state index contributed by atoms with van der Waals surface area (Å²) in [7, 11) is 2.17. The molecule has 8 heteroatoms. The minimum atomic E-state index is -0.699. The number of rotatable bonds is 9. The van der Waals surface area contributed by atoms with E-state index in [2.05, 4.69) is 23.9 Å². The van der Waals surface area contributed by atoms with Gasteiger partial charge in [-0.15, -0.1) is 0 Å². The Morgan fingerprint density at radius 2 is 2.22 bits per heavy atom. The van der Waals surface area contributed by atoms with Gasteiger partial charge >= 0.3 is 194 Å². The topological polar surface area (TPSA) is 47.3 Å².